The first-order valence-corrected chi connectivity index (χ1v) is 9.71. The van der Waals surface area contributed by atoms with Crippen molar-refractivity contribution in [2.24, 2.45) is 0 Å². The molecular formula is C17H26N2O4S. The summed E-state index contributed by atoms with van der Waals surface area (Å²) in [7, 11) is -2.17. The molecule has 0 atom stereocenters. The monoisotopic (exact) mass is 354 g/mol. The van der Waals surface area contributed by atoms with Gasteiger partial charge in [-0.25, -0.2) is 8.42 Å². The highest BCUT2D eigenvalue weighted by atomic mass is 32.2. The van der Waals surface area contributed by atoms with Crippen LogP contribution in [-0.4, -0.2) is 56.8 Å². The average molecular weight is 354 g/mol. The van der Waals surface area contributed by atoms with Crippen LogP contribution in [-0.2, 0) is 14.8 Å². The average Bonchev–Trinajstić information content (AvgIpc) is 2.60. The second kappa shape index (κ2) is 7.53. The Morgan fingerprint density at radius 2 is 1.83 bits per heavy atom. The van der Waals surface area contributed by atoms with Crippen LogP contribution in [0.25, 0.3) is 0 Å². The van der Waals surface area contributed by atoms with Crippen LogP contribution in [0.5, 0.6) is 5.75 Å². The van der Waals surface area contributed by atoms with E-state index in [0.717, 1.165) is 5.56 Å². The van der Waals surface area contributed by atoms with E-state index < -0.39 is 10.0 Å². The summed E-state index contributed by atoms with van der Waals surface area (Å²) in [5.74, 6) is 0.641. The number of methoxy groups -OCH3 is 1. The molecule has 1 aliphatic heterocycles. The van der Waals surface area contributed by atoms with Gasteiger partial charge in [0.1, 0.15) is 10.6 Å². The van der Waals surface area contributed by atoms with Crippen LogP contribution in [0.3, 0.4) is 0 Å². The molecule has 1 fully saturated rings. The van der Waals surface area contributed by atoms with Gasteiger partial charge < -0.3 is 9.64 Å². The number of sulfonamides is 1. The molecule has 1 saturated heterocycles. The van der Waals surface area contributed by atoms with Crippen molar-refractivity contribution in [2.75, 3.05) is 33.3 Å². The number of amides is 1. The van der Waals surface area contributed by atoms with Gasteiger partial charge in [0, 0.05) is 32.6 Å². The lowest BCUT2D eigenvalue weighted by molar-refractivity contribution is -0.132. The van der Waals surface area contributed by atoms with Crippen molar-refractivity contribution < 1.29 is 17.9 Å². The Kier molecular flexibility index (Phi) is 5.87. The van der Waals surface area contributed by atoms with Crippen LogP contribution >= 0.6 is 0 Å². The standard InChI is InChI=1S/C17H26N2O4S/c1-5-17(20)18-8-10-19(11-9-18)24(21,22)16-12-14(13(2)3)6-7-15(16)23-4/h6-7,12-13H,5,8-11H2,1-4H3. The first-order chi connectivity index (χ1) is 11.3. The van der Waals surface area contributed by atoms with Crippen molar-refractivity contribution in [1.82, 2.24) is 9.21 Å². The lowest BCUT2D eigenvalue weighted by Gasteiger charge is -2.34. The first-order valence-electron chi connectivity index (χ1n) is 8.27. The maximum absolute atomic E-state index is 13.0. The summed E-state index contributed by atoms with van der Waals surface area (Å²) in [5, 5.41) is 0. The SMILES string of the molecule is CCC(=O)N1CCN(S(=O)(=O)c2cc(C(C)C)ccc2OC)CC1. The smallest absolute Gasteiger partial charge is 0.246 e. The number of nitrogens with zero attached hydrogens (tertiary/aromatic N) is 2. The minimum atomic E-state index is -3.65. The summed E-state index contributed by atoms with van der Waals surface area (Å²) >= 11 is 0. The fourth-order valence-electron chi connectivity index (χ4n) is 2.79. The highest BCUT2D eigenvalue weighted by Crippen LogP contribution is 2.30. The fraction of sp³-hybridized carbons (Fsp3) is 0.588. The maximum Gasteiger partial charge on any atom is 0.246 e. The highest BCUT2D eigenvalue weighted by Gasteiger charge is 2.32. The topological polar surface area (TPSA) is 66.9 Å². The molecule has 0 N–H and O–H groups in total. The Morgan fingerprint density at radius 1 is 1.21 bits per heavy atom. The van der Waals surface area contributed by atoms with Crippen LogP contribution in [0.2, 0.25) is 0 Å². The zero-order chi connectivity index (χ0) is 17.9. The van der Waals surface area contributed by atoms with Gasteiger partial charge in [-0.15, -0.1) is 0 Å². The van der Waals surface area contributed by atoms with Crippen LogP contribution in [0, 0.1) is 0 Å². The van der Waals surface area contributed by atoms with Crippen molar-refractivity contribution >= 4 is 15.9 Å². The van der Waals surface area contributed by atoms with E-state index in [9.17, 15) is 13.2 Å². The zero-order valence-electron chi connectivity index (χ0n) is 14.8. The molecule has 0 aromatic heterocycles. The van der Waals surface area contributed by atoms with E-state index in [-0.39, 0.29) is 16.7 Å². The molecule has 1 amide bonds. The molecule has 0 spiro atoms. The Labute approximate surface area is 144 Å². The van der Waals surface area contributed by atoms with Gasteiger partial charge in [0.15, 0.2) is 0 Å². The van der Waals surface area contributed by atoms with E-state index in [1.807, 2.05) is 26.8 Å². The Hall–Kier alpha value is -1.60. The minimum Gasteiger partial charge on any atom is -0.495 e. The molecule has 134 valence electrons. The van der Waals surface area contributed by atoms with Gasteiger partial charge in [-0.2, -0.15) is 4.31 Å². The van der Waals surface area contributed by atoms with Gasteiger partial charge in [0.2, 0.25) is 15.9 Å². The van der Waals surface area contributed by atoms with E-state index in [1.165, 1.54) is 11.4 Å². The summed E-state index contributed by atoms with van der Waals surface area (Å²) < 4.78 is 32.8. The Balaban J connectivity index is 2.28. The molecule has 0 aliphatic carbocycles. The predicted molar refractivity (Wildman–Crippen MR) is 92.7 cm³/mol. The fourth-order valence-corrected chi connectivity index (χ4v) is 4.41. The number of carbonyl (C=O) groups is 1. The number of rotatable bonds is 5. The zero-order valence-corrected chi connectivity index (χ0v) is 15.6. The van der Waals surface area contributed by atoms with Crippen molar-refractivity contribution in [2.45, 2.75) is 38.0 Å². The summed E-state index contributed by atoms with van der Waals surface area (Å²) in [4.78, 5) is 13.7. The number of benzene rings is 1. The summed E-state index contributed by atoms with van der Waals surface area (Å²) in [6, 6.07) is 5.29. The van der Waals surface area contributed by atoms with Crippen LogP contribution < -0.4 is 4.74 Å². The predicted octanol–water partition coefficient (Wildman–Crippen LogP) is 2.06. The van der Waals surface area contributed by atoms with Gasteiger partial charge in [-0.1, -0.05) is 26.8 Å². The Morgan fingerprint density at radius 3 is 2.33 bits per heavy atom. The third-order valence-corrected chi connectivity index (χ3v) is 6.29. The second-order valence-electron chi connectivity index (χ2n) is 6.20. The normalized spacial score (nSPS) is 16.5. The van der Waals surface area contributed by atoms with Gasteiger partial charge in [-0.05, 0) is 23.6 Å². The molecule has 1 aromatic rings. The molecule has 0 saturated carbocycles. The number of hydrogen-bond donors (Lipinski definition) is 0. The Bertz CT molecular complexity index is 693. The minimum absolute atomic E-state index is 0.0615. The van der Waals surface area contributed by atoms with Crippen molar-refractivity contribution in [1.29, 1.82) is 0 Å². The number of piperazine rings is 1. The molecule has 1 heterocycles. The largest absolute Gasteiger partial charge is 0.495 e. The van der Waals surface area contributed by atoms with Crippen LogP contribution in [0.15, 0.2) is 23.1 Å². The van der Waals surface area contributed by atoms with Gasteiger partial charge in [0.05, 0.1) is 7.11 Å². The first kappa shape index (κ1) is 18.7. The van der Waals surface area contributed by atoms with Crippen LogP contribution in [0.1, 0.15) is 38.7 Å². The van der Waals surface area contributed by atoms with Gasteiger partial charge >= 0.3 is 0 Å². The molecule has 1 aliphatic rings. The van der Waals surface area contributed by atoms with Crippen molar-refractivity contribution in [3.05, 3.63) is 23.8 Å². The van der Waals surface area contributed by atoms with E-state index in [0.29, 0.717) is 38.3 Å². The van der Waals surface area contributed by atoms with E-state index in [1.54, 1.807) is 17.0 Å². The lowest BCUT2D eigenvalue weighted by atomic mass is 10.0. The molecule has 6 nitrogen and oxygen atoms in total. The number of ether oxygens (including phenoxy) is 1. The molecule has 2 rings (SSSR count). The molecule has 0 bridgehead atoms. The highest BCUT2D eigenvalue weighted by molar-refractivity contribution is 7.89. The number of hydrogen-bond acceptors (Lipinski definition) is 4. The molecule has 1 aromatic carbocycles. The quantitative estimate of drug-likeness (QED) is 0.812. The van der Waals surface area contributed by atoms with Gasteiger partial charge in [0.25, 0.3) is 0 Å². The van der Waals surface area contributed by atoms with E-state index in [4.69, 9.17) is 4.74 Å². The molecule has 0 unspecified atom stereocenters. The van der Waals surface area contributed by atoms with Crippen molar-refractivity contribution in [3.8, 4) is 5.75 Å². The molecular weight excluding hydrogens is 328 g/mol. The molecule has 24 heavy (non-hydrogen) atoms. The van der Waals surface area contributed by atoms with E-state index in [2.05, 4.69) is 0 Å². The molecule has 7 heteroatoms. The third kappa shape index (κ3) is 3.72. The molecule has 0 radical (unpaired) electrons. The van der Waals surface area contributed by atoms with Gasteiger partial charge in [-0.3, -0.25) is 4.79 Å². The van der Waals surface area contributed by atoms with E-state index >= 15 is 0 Å². The summed E-state index contributed by atoms with van der Waals surface area (Å²) in [6.45, 7) is 7.33. The summed E-state index contributed by atoms with van der Waals surface area (Å²) in [6.07, 6.45) is 0.441. The third-order valence-electron chi connectivity index (χ3n) is 4.37. The maximum atomic E-state index is 13.0. The summed E-state index contributed by atoms with van der Waals surface area (Å²) in [5.41, 5.74) is 0.953. The van der Waals surface area contributed by atoms with Crippen LogP contribution in [0.4, 0.5) is 0 Å². The lowest BCUT2D eigenvalue weighted by Crippen LogP contribution is -2.50. The number of carbonyl (C=O) groups excluding carboxylic acids is 1. The second-order valence-corrected chi connectivity index (χ2v) is 8.11. The van der Waals surface area contributed by atoms with Crippen molar-refractivity contribution in [3.63, 3.8) is 0 Å².